The van der Waals surface area contributed by atoms with E-state index in [2.05, 4.69) is 17.9 Å². The summed E-state index contributed by atoms with van der Waals surface area (Å²) in [6.07, 6.45) is -0.362. The van der Waals surface area contributed by atoms with Gasteiger partial charge in [0.05, 0.1) is 5.03 Å². The van der Waals surface area contributed by atoms with Crippen molar-refractivity contribution >= 4 is 35.6 Å². The molecule has 4 nitrogen and oxygen atoms in total. The van der Waals surface area contributed by atoms with Crippen LogP contribution in [0.1, 0.15) is 16.6 Å². The SMILES string of the molecule is Cc1cccc(N2C(S)=C(C#N)C(=O)N[C@@H]2c2cccs2)c1. The quantitative estimate of drug-likeness (QED) is 0.832. The zero-order valence-electron chi connectivity index (χ0n) is 11.8. The lowest BCUT2D eigenvalue weighted by atomic mass is 10.1. The Labute approximate surface area is 138 Å². The van der Waals surface area contributed by atoms with Crippen LogP contribution in [0.25, 0.3) is 0 Å². The van der Waals surface area contributed by atoms with Gasteiger partial charge in [-0.05, 0) is 36.1 Å². The summed E-state index contributed by atoms with van der Waals surface area (Å²) in [6, 6.07) is 13.7. The van der Waals surface area contributed by atoms with Gasteiger partial charge in [-0.25, -0.2) is 0 Å². The Morgan fingerprint density at radius 2 is 2.18 bits per heavy atom. The first kappa shape index (κ1) is 14.7. The number of hydrogen-bond donors (Lipinski definition) is 2. The third-order valence-corrected chi connectivity index (χ3v) is 4.77. The molecule has 0 radical (unpaired) electrons. The van der Waals surface area contributed by atoms with Crippen molar-refractivity contribution in [3.8, 4) is 6.07 Å². The Bertz CT molecular complexity index is 790. The van der Waals surface area contributed by atoms with Crippen molar-refractivity contribution in [3.63, 3.8) is 0 Å². The maximum Gasteiger partial charge on any atom is 0.266 e. The highest BCUT2D eigenvalue weighted by atomic mass is 32.1. The van der Waals surface area contributed by atoms with Crippen molar-refractivity contribution in [2.45, 2.75) is 13.1 Å². The van der Waals surface area contributed by atoms with Crippen LogP contribution in [0.5, 0.6) is 0 Å². The number of nitrogens with zero attached hydrogens (tertiary/aromatic N) is 2. The molecular formula is C16H13N3OS2. The summed E-state index contributed by atoms with van der Waals surface area (Å²) < 4.78 is 0. The molecular weight excluding hydrogens is 314 g/mol. The molecule has 1 amide bonds. The van der Waals surface area contributed by atoms with Gasteiger partial charge in [-0.3, -0.25) is 4.79 Å². The third kappa shape index (κ3) is 2.49. The minimum Gasteiger partial charge on any atom is -0.326 e. The van der Waals surface area contributed by atoms with E-state index in [1.54, 1.807) is 11.3 Å². The van der Waals surface area contributed by atoms with Crippen LogP contribution >= 0.6 is 24.0 Å². The van der Waals surface area contributed by atoms with Gasteiger partial charge in [-0.2, -0.15) is 5.26 Å². The molecule has 1 atom stereocenters. The molecule has 1 aromatic carbocycles. The van der Waals surface area contributed by atoms with Crippen molar-refractivity contribution in [1.82, 2.24) is 5.32 Å². The number of thiol groups is 1. The molecule has 0 aliphatic carbocycles. The second-order valence-corrected chi connectivity index (χ2v) is 6.31. The number of aryl methyl sites for hydroxylation is 1. The van der Waals surface area contributed by atoms with Gasteiger partial charge in [0.1, 0.15) is 17.8 Å². The second kappa shape index (κ2) is 5.87. The normalized spacial score (nSPS) is 18.1. The molecule has 0 saturated heterocycles. The standard InChI is InChI=1S/C16H13N3OS2/c1-10-4-2-5-11(8-10)19-14(13-6-3-7-22-13)18-15(20)12(9-17)16(19)21/h2-8,14,21H,1H3,(H,18,20)/t14-/m0/s1. The van der Waals surface area contributed by atoms with Crippen LogP contribution < -0.4 is 10.2 Å². The molecule has 0 unspecified atom stereocenters. The molecule has 0 spiro atoms. The van der Waals surface area contributed by atoms with Gasteiger partial charge in [0, 0.05) is 10.6 Å². The lowest BCUT2D eigenvalue weighted by molar-refractivity contribution is -0.118. The number of benzene rings is 1. The summed E-state index contributed by atoms with van der Waals surface area (Å²) in [5, 5.41) is 14.4. The van der Waals surface area contributed by atoms with Crippen molar-refractivity contribution in [3.05, 3.63) is 62.8 Å². The molecule has 1 aromatic heterocycles. The number of nitrogens with one attached hydrogen (secondary N) is 1. The predicted molar refractivity (Wildman–Crippen MR) is 90.5 cm³/mol. The van der Waals surface area contributed by atoms with Crippen LogP contribution in [0.15, 0.2) is 52.4 Å². The zero-order valence-corrected chi connectivity index (χ0v) is 13.5. The molecule has 0 fully saturated rings. The van der Waals surface area contributed by atoms with Gasteiger partial charge in [0.15, 0.2) is 0 Å². The molecule has 2 heterocycles. The van der Waals surface area contributed by atoms with Crippen LogP contribution in [0, 0.1) is 18.3 Å². The molecule has 110 valence electrons. The number of anilines is 1. The third-order valence-electron chi connectivity index (χ3n) is 3.41. The monoisotopic (exact) mass is 327 g/mol. The first-order chi connectivity index (χ1) is 10.6. The first-order valence-electron chi connectivity index (χ1n) is 6.65. The maximum atomic E-state index is 12.1. The van der Waals surface area contributed by atoms with Gasteiger partial charge >= 0.3 is 0 Å². The topological polar surface area (TPSA) is 56.1 Å². The number of thiophene rings is 1. The van der Waals surface area contributed by atoms with E-state index in [0.717, 1.165) is 16.1 Å². The van der Waals surface area contributed by atoms with Crippen LogP contribution in [0.3, 0.4) is 0 Å². The fraction of sp³-hybridized carbons (Fsp3) is 0.125. The van der Waals surface area contributed by atoms with E-state index in [-0.39, 0.29) is 11.7 Å². The van der Waals surface area contributed by atoms with Crippen LogP contribution in [-0.2, 0) is 4.79 Å². The second-order valence-electron chi connectivity index (χ2n) is 4.91. The largest absolute Gasteiger partial charge is 0.326 e. The van der Waals surface area contributed by atoms with Crippen molar-refractivity contribution < 1.29 is 4.79 Å². The molecule has 22 heavy (non-hydrogen) atoms. The Morgan fingerprint density at radius 3 is 2.82 bits per heavy atom. The minimum absolute atomic E-state index is 0.0256. The molecule has 1 aliphatic rings. The van der Waals surface area contributed by atoms with Gasteiger partial charge in [0.25, 0.3) is 5.91 Å². The van der Waals surface area contributed by atoms with Crippen molar-refractivity contribution in [2.24, 2.45) is 0 Å². The van der Waals surface area contributed by atoms with E-state index in [9.17, 15) is 10.1 Å². The summed E-state index contributed by atoms with van der Waals surface area (Å²) in [5.74, 6) is -0.394. The van der Waals surface area contributed by atoms with Crippen LogP contribution in [-0.4, -0.2) is 5.91 Å². The maximum absolute atomic E-state index is 12.1. The van der Waals surface area contributed by atoms with E-state index in [1.165, 1.54) is 0 Å². The molecule has 2 aromatic rings. The Balaban J connectivity index is 2.17. The van der Waals surface area contributed by atoms with E-state index in [0.29, 0.717) is 5.03 Å². The van der Waals surface area contributed by atoms with Gasteiger partial charge in [-0.1, -0.05) is 18.2 Å². The fourth-order valence-corrected chi connectivity index (χ4v) is 3.55. The molecule has 0 saturated carbocycles. The van der Waals surface area contributed by atoms with E-state index >= 15 is 0 Å². The fourth-order valence-electron chi connectivity index (χ4n) is 2.40. The number of amides is 1. The lowest BCUT2D eigenvalue weighted by Crippen LogP contribution is -2.45. The lowest BCUT2D eigenvalue weighted by Gasteiger charge is -2.37. The highest BCUT2D eigenvalue weighted by molar-refractivity contribution is 7.84. The van der Waals surface area contributed by atoms with E-state index < -0.39 is 5.91 Å². The van der Waals surface area contributed by atoms with Gasteiger partial charge in [-0.15, -0.1) is 24.0 Å². The average Bonchev–Trinajstić information content (AvgIpc) is 3.01. The first-order valence-corrected chi connectivity index (χ1v) is 7.98. The summed E-state index contributed by atoms with van der Waals surface area (Å²) >= 11 is 6.00. The van der Waals surface area contributed by atoms with Crippen molar-refractivity contribution in [2.75, 3.05) is 4.90 Å². The molecule has 1 aliphatic heterocycles. The number of rotatable bonds is 2. The molecule has 1 N–H and O–H groups in total. The zero-order chi connectivity index (χ0) is 15.7. The molecule has 0 bridgehead atoms. The van der Waals surface area contributed by atoms with Crippen LogP contribution in [0.4, 0.5) is 5.69 Å². The smallest absolute Gasteiger partial charge is 0.266 e. The number of carbonyl (C=O) groups excluding carboxylic acids is 1. The summed E-state index contributed by atoms with van der Waals surface area (Å²) in [7, 11) is 0. The van der Waals surface area contributed by atoms with Gasteiger partial charge in [0.2, 0.25) is 0 Å². The summed E-state index contributed by atoms with van der Waals surface area (Å²) in [5.41, 5.74) is 2.01. The highest BCUT2D eigenvalue weighted by Gasteiger charge is 2.34. The Kier molecular flexibility index (Phi) is 3.92. The Morgan fingerprint density at radius 1 is 1.36 bits per heavy atom. The highest BCUT2D eigenvalue weighted by Crippen LogP contribution is 2.37. The summed E-state index contributed by atoms with van der Waals surface area (Å²) in [4.78, 5) is 15.0. The number of nitriles is 1. The van der Waals surface area contributed by atoms with Crippen molar-refractivity contribution in [1.29, 1.82) is 5.26 Å². The predicted octanol–water partition coefficient (Wildman–Crippen LogP) is 3.36. The van der Waals surface area contributed by atoms with Gasteiger partial charge < -0.3 is 10.2 Å². The van der Waals surface area contributed by atoms with E-state index in [1.807, 2.05) is 59.7 Å². The summed E-state index contributed by atoms with van der Waals surface area (Å²) in [6.45, 7) is 2.00. The number of carbonyl (C=O) groups is 1. The molecule has 3 rings (SSSR count). The minimum atomic E-state index is -0.394. The van der Waals surface area contributed by atoms with E-state index in [4.69, 9.17) is 0 Å². The molecule has 6 heteroatoms. The Hall–Kier alpha value is -2.23. The average molecular weight is 327 g/mol. The van der Waals surface area contributed by atoms with Crippen LogP contribution in [0.2, 0.25) is 0 Å². The number of hydrogen-bond acceptors (Lipinski definition) is 5.